The molecule has 0 saturated carbocycles. The van der Waals surface area contributed by atoms with E-state index in [0.29, 0.717) is 60.5 Å². The molecule has 0 bridgehead atoms. The zero-order chi connectivity index (χ0) is 29.5. The summed E-state index contributed by atoms with van der Waals surface area (Å²) in [4.78, 5) is 46.6. The number of aromatic nitrogens is 1. The van der Waals surface area contributed by atoms with E-state index in [1.807, 2.05) is 26.0 Å². The smallest absolute Gasteiger partial charge is 0.257 e. The van der Waals surface area contributed by atoms with Gasteiger partial charge in [-0.25, -0.2) is 4.98 Å². The Morgan fingerprint density at radius 3 is 2.39 bits per heavy atom. The summed E-state index contributed by atoms with van der Waals surface area (Å²) in [6.07, 6.45) is 1.67. The average molecular weight is 599 g/mol. The molecule has 1 aromatic heterocycles. The maximum absolute atomic E-state index is 13.4. The van der Waals surface area contributed by atoms with Crippen LogP contribution in [-0.4, -0.2) is 85.6 Å². The number of carbonyl (C=O) groups excluding carboxylic acids is 3. The summed E-state index contributed by atoms with van der Waals surface area (Å²) in [6.45, 7) is 7.80. The molecule has 1 fully saturated rings. The highest BCUT2D eigenvalue weighted by Crippen LogP contribution is 2.38. The van der Waals surface area contributed by atoms with Crippen molar-refractivity contribution >= 4 is 46.0 Å². The maximum Gasteiger partial charge on any atom is 0.257 e. The predicted octanol–water partition coefficient (Wildman–Crippen LogP) is 4.58. The van der Waals surface area contributed by atoms with Gasteiger partial charge in [0.05, 0.1) is 29.2 Å². The molecule has 218 valence electrons. The number of benzene rings is 2. The monoisotopic (exact) mass is 598 g/mol. The number of carbonyl (C=O) groups is 3. The van der Waals surface area contributed by atoms with Crippen molar-refractivity contribution in [1.82, 2.24) is 14.8 Å². The van der Waals surface area contributed by atoms with Crippen LogP contribution in [0.2, 0.25) is 0 Å². The van der Waals surface area contributed by atoms with Crippen molar-refractivity contribution in [3.05, 3.63) is 59.3 Å². The van der Waals surface area contributed by atoms with Gasteiger partial charge in [-0.05, 0) is 55.8 Å². The van der Waals surface area contributed by atoms with Crippen LogP contribution < -0.4 is 14.8 Å². The number of nitrogens with one attached hydrogen (secondary N) is 1. The van der Waals surface area contributed by atoms with Gasteiger partial charge in [0.2, 0.25) is 5.91 Å². The number of hydrogen-bond donors (Lipinski definition) is 1. The molecule has 0 radical (unpaired) electrons. The Balaban J connectivity index is 1.41. The average Bonchev–Trinajstić information content (AvgIpc) is 3.42. The van der Waals surface area contributed by atoms with Gasteiger partial charge in [0.1, 0.15) is 18.1 Å². The molecule has 2 heterocycles. The lowest BCUT2D eigenvalue weighted by Gasteiger charge is -2.34. The van der Waals surface area contributed by atoms with Gasteiger partial charge in [-0.2, -0.15) is 0 Å². The van der Waals surface area contributed by atoms with E-state index in [2.05, 4.69) is 10.3 Å². The zero-order valence-electron chi connectivity index (χ0n) is 23.8. The number of anilines is 1. The van der Waals surface area contributed by atoms with Crippen molar-refractivity contribution in [2.24, 2.45) is 0 Å². The van der Waals surface area contributed by atoms with Crippen molar-refractivity contribution in [3.8, 4) is 11.5 Å². The first-order valence-electron chi connectivity index (χ1n) is 13.1. The van der Waals surface area contributed by atoms with Gasteiger partial charge in [0, 0.05) is 50.7 Å². The molecule has 3 amide bonds. The van der Waals surface area contributed by atoms with Crippen molar-refractivity contribution in [3.63, 3.8) is 0 Å². The van der Waals surface area contributed by atoms with Crippen molar-refractivity contribution in [2.45, 2.75) is 36.0 Å². The number of aryl methyl sites for hydroxylation is 1. The molecule has 0 aliphatic carbocycles. The standard InChI is InChI=1S/C29H34N4O6S2/c1-18-14-24(38-5)23(28(36)33-12-10-32(11-13-33)20(3)34)15-25(18)40-26-16-30-29(41-26)31-27(35)21-6-8-22(9-7-21)39-17-19(2)37-4/h6-9,14-16,19H,10-13,17H2,1-5H3,(H,30,31,35). The van der Waals surface area contributed by atoms with Gasteiger partial charge >= 0.3 is 0 Å². The Labute approximate surface area is 248 Å². The number of thiazole rings is 1. The summed E-state index contributed by atoms with van der Waals surface area (Å²) < 4.78 is 17.2. The Hall–Kier alpha value is -3.61. The fourth-order valence-electron chi connectivity index (χ4n) is 4.13. The Morgan fingerprint density at radius 1 is 1.07 bits per heavy atom. The molecule has 2 aromatic carbocycles. The third kappa shape index (κ3) is 7.78. The van der Waals surface area contributed by atoms with E-state index in [1.54, 1.807) is 61.4 Å². The van der Waals surface area contributed by atoms with Crippen LogP contribution >= 0.6 is 23.1 Å². The fraction of sp³-hybridized carbons (Fsp3) is 0.379. The minimum Gasteiger partial charge on any atom is -0.496 e. The summed E-state index contributed by atoms with van der Waals surface area (Å²) in [5, 5.41) is 3.32. The Kier molecular flexibility index (Phi) is 10.2. The minimum absolute atomic E-state index is 0.0136. The Morgan fingerprint density at radius 2 is 1.76 bits per heavy atom. The van der Waals surface area contributed by atoms with Gasteiger partial charge in [0.15, 0.2) is 5.13 Å². The highest BCUT2D eigenvalue weighted by molar-refractivity contribution is 8.01. The molecule has 1 aliphatic rings. The highest BCUT2D eigenvalue weighted by atomic mass is 32.2. The molecular weight excluding hydrogens is 564 g/mol. The lowest BCUT2D eigenvalue weighted by molar-refractivity contribution is -0.130. The first kappa shape index (κ1) is 30.4. The highest BCUT2D eigenvalue weighted by Gasteiger charge is 2.26. The molecule has 1 atom stereocenters. The van der Waals surface area contributed by atoms with Crippen LogP contribution in [0.1, 0.15) is 40.1 Å². The number of nitrogens with zero attached hydrogens (tertiary/aromatic N) is 3. The van der Waals surface area contributed by atoms with Crippen LogP contribution in [-0.2, 0) is 9.53 Å². The molecule has 1 saturated heterocycles. The van der Waals surface area contributed by atoms with Crippen LogP contribution in [0.25, 0.3) is 0 Å². The van der Waals surface area contributed by atoms with Gasteiger partial charge in [-0.1, -0.05) is 23.1 Å². The first-order valence-corrected chi connectivity index (χ1v) is 14.8. The quantitative estimate of drug-likeness (QED) is 0.361. The van der Waals surface area contributed by atoms with Crippen molar-refractivity contribution in [2.75, 3.05) is 52.3 Å². The molecule has 1 aliphatic heterocycles. The molecule has 4 rings (SSSR count). The van der Waals surface area contributed by atoms with E-state index in [4.69, 9.17) is 14.2 Å². The second-order valence-corrected chi connectivity index (χ2v) is 11.9. The molecule has 41 heavy (non-hydrogen) atoms. The summed E-state index contributed by atoms with van der Waals surface area (Å²) in [6, 6.07) is 10.6. The molecule has 12 heteroatoms. The van der Waals surface area contributed by atoms with E-state index >= 15 is 0 Å². The molecular formula is C29H34N4O6S2. The number of rotatable bonds is 10. The second-order valence-electron chi connectivity index (χ2n) is 9.54. The van der Waals surface area contributed by atoms with Crippen molar-refractivity contribution < 1.29 is 28.6 Å². The van der Waals surface area contributed by atoms with Gasteiger partial charge < -0.3 is 24.0 Å². The van der Waals surface area contributed by atoms with Crippen LogP contribution in [0, 0.1) is 6.92 Å². The molecule has 0 spiro atoms. The van der Waals surface area contributed by atoms with E-state index in [1.165, 1.54) is 23.1 Å². The summed E-state index contributed by atoms with van der Waals surface area (Å²) in [5.41, 5.74) is 1.91. The van der Waals surface area contributed by atoms with E-state index in [9.17, 15) is 14.4 Å². The van der Waals surface area contributed by atoms with Gasteiger partial charge in [-0.3, -0.25) is 19.7 Å². The van der Waals surface area contributed by atoms with Gasteiger partial charge in [0.25, 0.3) is 11.8 Å². The molecule has 1 N–H and O–H groups in total. The van der Waals surface area contributed by atoms with Crippen LogP contribution in [0.3, 0.4) is 0 Å². The second kappa shape index (κ2) is 13.8. The van der Waals surface area contributed by atoms with Crippen LogP contribution in [0.15, 0.2) is 51.7 Å². The zero-order valence-corrected chi connectivity index (χ0v) is 25.4. The normalized spacial score (nSPS) is 14.0. The van der Waals surface area contributed by atoms with E-state index in [-0.39, 0.29) is 23.8 Å². The third-order valence-corrected chi connectivity index (χ3v) is 8.83. The topological polar surface area (TPSA) is 110 Å². The van der Waals surface area contributed by atoms with Gasteiger partial charge in [-0.15, -0.1) is 0 Å². The maximum atomic E-state index is 13.4. The molecule has 1 unspecified atom stereocenters. The van der Waals surface area contributed by atoms with E-state index < -0.39 is 0 Å². The largest absolute Gasteiger partial charge is 0.496 e. The molecule has 3 aromatic rings. The SMILES string of the molecule is COc1cc(C)c(Sc2cnc(NC(=O)c3ccc(OCC(C)OC)cc3)s2)cc1C(=O)N1CCN(C(C)=O)CC1. The fourth-order valence-corrected chi connectivity index (χ4v) is 6.07. The minimum atomic E-state index is -0.272. The number of ether oxygens (including phenoxy) is 3. The Bertz CT molecular complexity index is 1390. The third-order valence-electron chi connectivity index (χ3n) is 6.66. The predicted molar refractivity (Wildman–Crippen MR) is 158 cm³/mol. The number of methoxy groups -OCH3 is 2. The number of hydrogen-bond acceptors (Lipinski definition) is 9. The van der Waals surface area contributed by atoms with E-state index in [0.717, 1.165) is 14.7 Å². The summed E-state index contributed by atoms with van der Waals surface area (Å²) >= 11 is 2.82. The number of amides is 3. The summed E-state index contributed by atoms with van der Waals surface area (Å²) in [5.74, 6) is 0.775. The lowest BCUT2D eigenvalue weighted by atomic mass is 10.1. The van der Waals surface area contributed by atoms with Crippen molar-refractivity contribution in [1.29, 1.82) is 0 Å². The van der Waals surface area contributed by atoms with Crippen LogP contribution in [0.4, 0.5) is 5.13 Å². The summed E-state index contributed by atoms with van der Waals surface area (Å²) in [7, 11) is 3.18. The first-order chi connectivity index (χ1) is 19.7. The van der Waals surface area contributed by atoms with Crippen LogP contribution in [0.5, 0.6) is 11.5 Å². The number of piperazine rings is 1. The molecule has 10 nitrogen and oxygen atoms in total. The lowest BCUT2D eigenvalue weighted by Crippen LogP contribution is -2.50.